The Morgan fingerprint density at radius 2 is 2.16 bits per heavy atom. The molecule has 0 aliphatic carbocycles. The molecule has 0 spiro atoms. The van der Waals surface area contributed by atoms with Gasteiger partial charge < -0.3 is 19.2 Å². The molecule has 2 heterocycles. The topological polar surface area (TPSA) is 56.9 Å². The maximum atomic E-state index is 5.18. The second-order valence-corrected chi connectivity index (χ2v) is 4.77. The van der Waals surface area contributed by atoms with E-state index in [4.69, 9.17) is 4.74 Å². The lowest BCUT2D eigenvalue weighted by Gasteiger charge is -2.19. The number of nitrogens with one attached hydrogen (secondary N) is 1. The highest BCUT2D eigenvalue weighted by Gasteiger charge is 2.12. The third-order valence-corrected chi connectivity index (χ3v) is 2.97. The van der Waals surface area contributed by atoms with Crippen LogP contribution in [0.3, 0.4) is 0 Å². The minimum Gasteiger partial charge on any atom is -0.383 e. The molecule has 0 aromatic carbocycles. The van der Waals surface area contributed by atoms with E-state index in [0.29, 0.717) is 6.61 Å². The Bertz CT molecular complexity index is 479. The molecule has 2 atom stereocenters. The van der Waals surface area contributed by atoms with Crippen molar-refractivity contribution in [2.24, 2.45) is 0 Å². The number of anilines is 1. The van der Waals surface area contributed by atoms with Crippen LogP contribution in [-0.4, -0.2) is 38.9 Å². The lowest BCUT2D eigenvalue weighted by atomic mass is 10.3. The zero-order valence-electron chi connectivity index (χ0n) is 11.7. The van der Waals surface area contributed by atoms with Crippen molar-refractivity contribution in [3.63, 3.8) is 0 Å². The second-order valence-electron chi connectivity index (χ2n) is 4.77. The molecule has 19 heavy (non-hydrogen) atoms. The van der Waals surface area contributed by atoms with Crippen LogP contribution in [0.5, 0.6) is 0 Å². The molecule has 2 rings (SSSR count). The van der Waals surface area contributed by atoms with Crippen LogP contribution in [0, 0.1) is 0 Å². The van der Waals surface area contributed by atoms with E-state index in [-0.39, 0.29) is 12.1 Å². The molecule has 0 aliphatic heterocycles. The van der Waals surface area contributed by atoms with Crippen LogP contribution in [0.4, 0.5) is 5.95 Å². The molecule has 6 heteroatoms. The number of nitrogens with zero attached hydrogens (tertiary/aromatic N) is 4. The molecule has 0 saturated heterocycles. The summed E-state index contributed by atoms with van der Waals surface area (Å²) in [6.07, 6.45) is 9.33. The first-order chi connectivity index (χ1) is 9.20. The first-order valence-electron chi connectivity index (χ1n) is 6.44. The molecular weight excluding hydrogens is 242 g/mol. The van der Waals surface area contributed by atoms with Crippen molar-refractivity contribution in [3.8, 4) is 0 Å². The molecule has 0 bridgehead atoms. The maximum Gasteiger partial charge on any atom is 0.203 e. The summed E-state index contributed by atoms with van der Waals surface area (Å²) in [4.78, 5) is 8.40. The highest BCUT2D eigenvalue weighted by Crippen LogP contribution is 2.14. The SMILES string of the molecule is COCC(C)n1ccnc1NC(C)Cn1ccnc1. The Morgan fingerprint density at radius 1 is 1.32 bits per heavy atom. The number of ether oxygens (including phenoxy) is 1. The molecule has 6 nitrogen and oxygen atoms in total. The first kappa shape index (κ1) is 13.6. The van der Waals surface area contributed by atoms with Crippen LogP contribution in [0.1, 0.15) is 19.9 Å². The molecule has 104 valence electrons. The molecule has 2 aromatic rings. The standard InChI is InChI=1S/C13H21N5O/c1-11(8-17-6-4-14-10-17)16-13-15-5-7-18(13)12(2)9-19-3/h4-7,10-12H,8-9H2,1-3H3,(H,15,16). The van der Waals surface area contributed by atoms with Crippen molar-refractivity contribution in [1.29, 1.82) is 0 Å². The molecule has 0 fully saturated rings. The predicted octanol–water partition coefficient (Wildman–Crippen LogP) is 1.79. The van der Waals surface area contributed by atoms with E-state index < -0.39 is 0 Å². The Morgan fingerprint density at radius 3 is 2.84 bits per heavy atom. The van der Waals surface area contributed by atoms with Crippen molar-refractivity contribution in [2.75, 3.05) is 19.0 Å². The fourth-order valence-electron chi connectivity index (χ4n) is 2.08. The van der Waals surface area contributed by atoms with Gasteiger partial charge in [0.1, 0.15) is 0 Å². The summed E-state index contributed by atoms with van der Waals surface area (Å²) in [5.74, 6) is 0.872. The number of imidazole rings is 2. The van der Waals surface area contributed by atoms with E-state index in [1.54, 1.807) is 19.5 Å². The van der Waals surface area contributed by atoms with Gasteiger partial charge in [0.25, 0.3) is 0 Å². The molecule has 0 amide bonds. The van der Waals surface area contributed by atoms with Crippen LogP contribution >= 0.6 is 0 Å². The molecular formula is C13H21N5O. The molecule has 1 N–H and O–H groups in total. The number of hydrogen-bond acceptors (Lipinski definition) is 4. The minimum atomic E-state index is 0.260. The minimum absolute atomic E-state index is 0.260. The summed E-state index contributed by atoms with van der Waals surface area (Å²) >= 11 is 0. The summed E-state index contributed by atoms with van der Waals surface area (Å²) in [7, 11) is 1.71. The van der Waals surface area contributed by atoms with Crippen molar-refractivity contribution >= 4 is 5.95 Å². The molecule has 0 saturated carbocycles. The smallest absolute Gasteiger partial charge is 0.203 e. The number of aromatic nitrogens is 4. The third-order valence-electron chi connectivity index (χ3n) is 2.97. The van der Waals surface area contributed by atoms with Gasteiger partial charge in [-0.25, -0.2) is 9.97 Å². The monoisotopic (exact) mass is 263 g/mol. The fourth-order valence-corrected chi connectivity index (χ4v) is 2.08. The van der Waals surface area contributed by atoms with E-state index in [1.165, 1.54) is 0 Å². The van der Waals surface area contributed by atoms with Gasteiger partial charge in [-0.15, -0.1) is 0 Å². The second kappa shape index (κ2) is 6.38. The first-order valence-corrected chi connectivity index (χ1v) is 6.44. The van der Waals surface area contributed by atoms with E-state index in [0.717, 1.165) is 12.5 Å². The van der Waals surface area contributed by atoms with Gasteiger partial charge in [0.15, 0.2) is 0 Å². The zero-order chi connectivity index (χ0) is 13.7. The third kappa shape index (κ3) is 3.57. The lowest BCUT2D eigenvalue weighted by molar-refractivity contribution is 0.163. The predicted molar refractivity (Wildman–Crippen MR) is 74.1 cm³/mol. The van der Waals surface area contributed by atoms with Gasteiger partial charge >= 0.3 is 0 Å². The average Bonchev–Trinajstić information content (AvgIpc) is 3.00. The quantitative estimate of drug-likeness (QED) is 0.827. The van der Waals surface area contributed by atoms with E-state index in [2.05, 4.69) is 33.7 Å². The van der Waals surface area contributed by atoms with Crippen molar-refractivity contribution in [1.82, 2.24) is 19.1 Å². The number of rotatable bonds is 7. The summed E-state index contributed by atoms with van der Waals surface area (Å²) in [6, 6.07) is 0.528. The zero-order valence-corrected chi connectivity index (χ0v) is 11.7. The highest BCUT2D eigenvalue weighted by molar-refractivity contribution is 5.28. The molecule has 0 aliphatic rings. The Hall–Kier alpha value is -1.82. The van der Waals surface area contributed by atoms with Crippen LogP contribution in [-0.2, 0) is 11.3 Å². The average molecular weight is 263 g/mol. The van der Waals surface area contributed by atoms with E-state index >= 15 is 0 Å². The van der Waals surface area contributed by atoms with Gasteiger partial charge in [0.05, 0.1) is 19.0 Å². The van der Waals surface area contributed by atoms with Gasteiger partial charge in [0.2, 0.25) is 5.95 Å². The molecule has 2 unspecified atom stereocenters. The van der Waals surface area contributed by atoms with Crippen molar-refractivity contribution < 1.29 is 4.74 Å². The normalized spacial score (nSPS) is 14.3. The Balaban J connectivity index is 1.97. The van der Waals surface area contributed by atoms with Crippen LogP contribution in [0.15, 0.2) is 31.1 Å². The maximum absolute atomic E-state index is 5.18. The summed E-state index contributed by atoms with van der Waals surface area (Å²) in [5, 5.41) is 3.42. The Kier molecular flexibility index (Phi) is 4.57. The molecule has 0 radical (unpaired) electrons. The number of methoxy groups -OCH3 is 1. The van der Waals surface area contributed by atoms with Crippen molar-refractivity contribution in [2.45, 2.75) is 32.5 Å². The van der Waals surface area contributed by atoms with Gasteiger partial charge in [-0.2, -0.15) is 0 Å². The van der Waals surface area contributed by atoms with E-state index in [9.17, 15) is 0 Å². The van der Waals surface area contributed by atoms with Gasteiger partial charge in [0, 0.05) is 44.5 Å². The van der Waals surface area contributed by atoms with Gasteiger partial charge in [-0.05, 0) is 13.8 Å². The summed E-state index contributed by atoms with van der Waals surface area (Å²) < 4.78 is 9.32. The van der Waals surface area contributed by atoms with Gasteiger partial charge in [-0.1, -0.05) is 0 Å². The van der Waals surface area contributed by atoms with Gasteiger partial charge in [-0.3, -0.25) is 0 Å². The lowest BCUT2D eigenvalue weighted by Crippen LogP contribution is -2.24. The van der Waals surface area contributed by atoms with Crippen LogP contribution in [0.2, 0.25) is 0 Å². The summed E-state index contributed by atoms with van der Waals surface area (Å²) in [5.41, 5.74) is 0. The largest absolute Gasteiger partial charge is 0.383 e. The summed E-state index contributed by atoms with van der Waals surface area (Å²) in [6.45, 7) is 5.75. The van der Waals surface area contributed by atoms with Crippen molar-refractivity contribution in [3.05, 3.63) is 31.1 Å². The van der Waals surface area contributed by atoms with Crippen LogP contribution in [0.25, 0.3) is 0 Å². The highest BCUT2D eigenvalue weighted by atomic mass is 16.5. The molecule has 2 aromatic heterocycles. The van der Waals surface area contributed by atoms with E-state index in [1.807, 2.05) is 23.3 Å². The van der Waals surface area contributed by atoms with Crippen LogP contribution < -0.4 is 5.32 Å². The fraction of sp³-hybridized carbons (Fsp3) is 0.538. The number of hydrogen-bond donors (Lipinski definition) is 1. The Labute approximate surface area is 113 Å².